The van der Waals surface area contributed by atoms with E-state index in [1.54, 1.807) is 0 Å². The fraction of sp³-hybridized carbons (Fsp3) is 0.0667. The van der Waals surface area contributed by atoms with Crippen molar-refractivity contribution in [3.63, 3.8) is 0 Å². The SMILES string of the molecule is C=C([SiH2]c1ccccc1)c1ccccc1C. The van der Waals surface area contributed by atoms with Gasteiger partial charge in [0.05, 0.1) is 9.52 Å². The maximum absolute atomic E-state index is 4.24. The standard InChI is InChI=1S/C15H16Si/c1-12-8-6-7-11-15(12)13(2)16-14-9-4-3-5-10-14/h3-11H,2,16H2,1H3. The highest BCUT2D eigenvalue weighted by Crippen LogP contribution is 2.15. The van der Waals surface area contributed by atoms with Crippen molar-refractivity contribution in [3.05, 3.63) is 72.3 Å². The highest BCUT2D eigenvalue weighted by molar-refractivity contribution is 6.73. The van der Waals surface area contributed by atoms with Crippen molar-refractivity contribution in [2.45, 2.75) is 6.92 Å². The fourth-order valence-electron chi connectivity index (χ4n) is 1.91. The first kappa shape index (κ1) is 10.9. The molecule has 0 aliphatic carbocycles. The summed E-state index contributed by atoms with van der Waals surface area (Å²) in [5.74, 6) is 0. The van der Waals surface area contributed by atoms with Gasteiger partial charge in [-0.15, -0.1) is 0 Å². The van der Waals surface area contributed by atoms with Crippen LogP contribution in [0.25, 0.3) is 5.20 Å². The molecule has 80 valence electrons. The lowest BCUT2D eigenvalue weighted by atomic mass is 10.1. The molecule has 0 aliphatic heterocycles. The predicted molar refractivity (Wildman–Crippen MR) is 74.8 cm³/mol. The Balaban J connectivity index is 2.19. The van der Waals surface area contributed by atoms with Crippen LogP contribution in [0, 0.1) is 6.92 Å². The first-order valence-corrected chi connectivity index (χ1v) is 6.96. The molecular formula is C15H16Si. The van der Waals surface area contributed by atoms with Crippen LogP contribution in [-0.4, -0.2) is 9.52 Å². The van der Waals surface area contributed by atoms with Crippen molar-refractivity contribution in [2.75, 3.05) is 0 Å². The lowest BCUT2D eigenvalue weighted by Gasteiger charge is -2.08. The topological polar surface area (TPSA) is 0 Å². The van der Waals surface area contributed by atoms with Crippen LogP contribution in [0.1, 0.15) is 11.1 Å². The van der Waals surface area contributed by atoms with Crippen molar-refractivity contribution in [1.82, 2.24) is 0 Å². The van der Waals surface area contributed by atoms with Gasteiger partial charge in [0.25, 0.3) is 0 Å². The van der Waals surface area contributed by atoms with E-state index < -0.39 is 9.52 Å². The molecule has 0 saturated carbocycles. The zero-order chi connectivity index (χ0) is 11.4. The normalized spacial score (nSPS) is 10.8. The molecule has 2 aromatic rings. The maximum Gasteiger partial charge on any atom is 0.0875 e. The molecule has 0 heterocycles. The average molecular weight is 224 g/mol. The van der Waals surface area contributed by atoms with Crippen LogP contribution < -0.4 is 5.19 Å². The van der Waals surface area contributed by atoms with Gasteiger partial charge in [0.1, 0.15) is 0 Å². The Kier molecular flexibility index (Phi) is 3.37. The van der Waals surface area contributed by atoms with E-state index in [0.29, 0.717) is 0 Å². The molecule has 0 bridgehead atoms. The van der Waals surface area contributed by atoms with Crippen molar-refractivity contribution in [2.24, 2.45) is 0 Å². The third kappa shape index (κ3) is 2.50. The number of aryl methyl sites for hydroxylation is 1. The third-order valence-corrected chi connectivity index (χ3v) is 4.47. The molecule has 1 heteroatoms. The molecule has 0 nitrogen and oxygen atoms in total. The zero-order valence-electron chi connectivity index (χ0n) is 9.61. The highest BCUT2D eigenvalue weighted by Gasteiger charge is 2.03. The van der Waals surface area contributed by atoms with Gasteiger partial charge in [-0.2, -0.15) is 0 Å². The Morgan fingerprint density at radius 1 is 0.938 bits per heavy atom. The van der Waals surface area contributed by atoms with Crippen molar-refractivity contribution in [1.29, 1.82) is 0 Å². The first-order chi connectivity index (χ1) is 7.77. The summed E-state index contributed by atoms with van der Waals surface area (Å²) in [6.07, 6.45) is 0. The Morgan fingerprint density at radius 3 is 2.25 bits per heavy atom. The second-order valence-electron chi connectivity index (χ2n) is 4.08. The van der Waals surface area contributed by atoms with Gasteiger partial charge in [0.2, 0.25) is 0 Å². The Hall–Kier alpha value is -1.60. The lowest BCUT2D eigenvalue weighted by Crippen LogP contribution is -2.14. The summed E-state index contributed by atoms with van der Waals surface area (Å²) >= 11 is 0. The number of benzene rings is 2. The molecule has 2 rings (SSSR count). The molecule has 0 atom stereocenters. The summed E-state index contributed by atoms with van der Waals surface area (Å²) in [6.45, 7) is 6.40. The van der Waals surface area contributed by atoms with Gasteiger partial charge in [0.15, 0.2) is 0 Å². The Bertz CT molecular complexity index is 486. The molecular weight excluding hydrogens is 208 g/mol. The van der Waals surface area contributed by atoms with E-state index in [9.17, 15) is 0 Å². The highest BCUT2D eigenvalue weighted by atomic mass is 28.2. The van der Waals surface area contributed by atoms with Crippen LogP contribution in [0.3, 0.4) is 0 Å². The van der Waals surface area contributed by atoms with Gasteiger partial charge >= 0.3 is 0 Å². The molecule has 0 spiro atoms. The molecule has 2 aromatic carbocycles. The summed E-state index contributed by atoms with van der Waals surface area (Å²) in [5, 5.41) is 2.78. The number of rotatable bonds is 3. The predicted octanol–water partition coefficient (Wildman–Crippen LogP) is 2.46. The van der Waals surface area contributed by atoms with Gasteiger partial charge in [-0.1, -0.05) is 71.6 Å². The van der Waals surface area contributed by atoms with Gasteiger partial charge in [-0.05, 0) is 18.1 Å². The van der Waals surface area contributed by atoms with Crippen LogP contribution in [0.2, 0.25) is 0 Å². The van der Waals surface area contributed by atoms with Crippen molar-refractivity contribution < 1.29 is 0 Å². The van der Waals surface area contributed by atoms with Gasteiger partial charge in [0, 0.05) is 0 Å². The minimum absolute atomic E-state index is 0.401. The smallest absolute Gasteiger partial charge is 0.0875 e. The van der Waals surface area contributed by atoms with Crippen LogP contribution in [0.4, 0.5) is 0 Å². The maximum atomic E-state index is 4.24. The molecule has 0 amide bonds. The van der Waals surface area contributed by atoms with E-state index in [1.807, 2.05) is 0 Å². The van der Waals surface area contributed by atoms with Crippen molar-refractivity contribution >= 4 is 19.9 Å². The van der Waals surface area contributed by atoms with Crippen molar-refractivity contribution in [3.8, 4) is 0 Å². The van der Waals surface area contributed by atoms with Gasteiger partial charge in [-0.3, -0.25) is 0 Å². The quantitative estimate of drug-likeness (QED) is 0.703. The molecule has 0 fully saturated rings. The van der Waals surface area contributed by atoms with E-state index >= 15 is 0 Å². The number of hydrogen-bond donors (Lipinski definition) is 0. The lowest BCUT2D eigenvalue weighted by molar-refractivity contribution is 1.44. The van der Waals surface area contributed by atoms with Crippen LogP contribution in [0.5, 0.6) is 0 Å². The van der Waals surface area contributed by atoms with E-state index in [0.717, 1.165) is 0 Å². The summed E-state index contributed by atoms with van der Waals surface area (Å²) in [4.78, 5) is 0. The average Bonchev–Trinajstić information content (AvgIpc) is 2.31. The molecule has 0 unspecified atom stereocenters. The molecule has 0 aromatic heterocycles. The summed E-state index contributed by atoms with van der Waals surface area (Å²) in [5.41, 5.74) is 2.66. The van der Waals surface area contributed by atoms with E-state index in [4.69, 9.17) is 0 Å². The second-order valence-corrected chi connectivity index (χ2v) is 6.10. The molecule has 0 aliphatic rings. The fourth-order valence-corrected chi connectivity index (χ4v) is 3.49. The minimum Gasteiger partial charge on any atom is -0.0995 e. The second kappa shape index (κ2) is 4.95. The van der Waals surface area contributed by atoms with E-state index in [2.05, 4.69) is 68.1 Å². The molecule has 0 saturated heterocycles. The molecule has 16 heavy (non-hydrogen) atoms. The molecule has 0 N–H and O–H groups in total. The summed E-state index contributed by atoms with van der Waals surface area (Å²) in [7, 11) is -0.401. The number of hydrogen-bond acceptors (Lipinski definition) is 0. The largest absolute Gasteiger partial charge is 0.0995 e. The van der Waals surface area contributed by atoms with Gasteiger partial charge in [-0.25, -0.2) is 0 Å². The van der Waals surface area contributed by atoms with E-state index in [-0.39, 0.29) is 0 Å². The van der Waals surface area contributed by atoms with E-state index in [1.165, 1.54) is 21.5 Å². The monoisotopic (exact) mass is 224 g/mol. The third-order valence-electron chi connectivity index (χ3n) is 2.79. The van der Waals surface area contributed by atoms with Gasteiger partial charge < -0.3 is 0 Å². The van der Waals surface area contributed by atoms with Crippen LogP contribution in [0.15, 0.2) is 61.2 Å². The zero-order valence-corrected chi connectivity index (χ0v) is 11.0. The minimum atomic E-state index is -0.401. The first-order valence-electron chi connectivity index (χ1n) is 5.55. The Labute approximate surface area is 99.5 Å². The Morgan fingerprint density at radius 2 is 1.56 bits per heavy atom. The van der Waals surface area contributed by atoms with Crippen LogP contribution in [-0.2, 0) is 0 Å². The van der Waals surface area contributed by atoms with Crippen LogP contribution >= 0.6 is 0 Å². The molecule has 0 radical (unpaired) electrons. The summed E-state index contributed by atoms with van der Waals surface area (Å²) < 4.78 is 0. The summed E-state index contributed by atoms with van der Waals surface area (Å²) in [6, 6.07) is 19.2.